The molecular weight excluding hydrogens is 454 g/mol. The van der Waals surface area contributed by atoms with Crippen molar-refractivity contribution in [3.05, 3.63) is 83.1 Å². The lowest BCUT2D eigenvalue weighted by Crippen LogP contribution is -2.35. The Labute approximate surface area is 200 Å². The summed E-state index contributed by atoms with van der Waals surface area (Å²) in [5.41, 5.74) is 3.93. The molecule has 3 rings (SSSR count). The highest BCUT2D eigenvalue weighted by Crippen LogP contribution is 2.31. The van der Waals surface area contributed by atoms with Gasteiger partial charge < -0.3 is 5.32 Å². The van der Waals surface area contributed by atoms with Crippen molar-refractivity contribution in [2.45, 2.75) is 38.5 Å². The van der Waals surface area contributed by atoms with E-state index in [-0.39, 0.29) is 10.8 Å². The minimum atomic E-state index is -3.72. The number of hydrogen-bond donors (Lipinski definition) is 1. The van der Waals surface area contributed by atoms with Gasteiger partial charge in [-0.3, -0.25) is 9.10 Å². The Morgan fingerprint density at radius 2 is 1.82 bits per heavy atom. The summed E-state index contributed by atoms with van der Waals surface area (Å²) in [6, 6.07) is 13.6. The smallest absolute Gasteiger partial charge is 0.264 e. The molecule has 0 unspecified atom stereocenters. The zero-order valence-corrected chi connectivity index (χ0v) is 21.0. The van der Waals surface area contributed by atoms with Gasteiger partial charge in [0.15, 0.2) is 5.17 Å². The zero-order chi connectivity index (χ0) is 24.0. The van der Waals surface area contributed by atoms with Crippen molar-refractivity contribution < 1.29 is 13.2 Å². The van der Waals surface area contributed by atoms with Crippen molar-refractivity contribution in [2.75, 3.05) is 17.1 Å². The fraction of sp³-hybridized carbons (Fsp3) is 0.280. The Morgan fingerprint density at radius 1 is 1.12 bits per heavy atom. The van der Waals surface area contributed by atoms with Crippen molar-refractivity contribution in [2.24, 2.45) is 4.99 Å². The van der Waals surface area contributed by atoms with Gasteiger partial charge in [-0.15, -0.1) is 0 Å². The molecule has 0 atom stereocenters. The van der Waals surface area contributed by atoms with Crippen molar-refractivity contribution in [1.29, 1.82) is 0 Å². The number of nitrogens with one attached hydrogen (secondary N) is 1. The second kappa shape index (κ2) is 10.9. The maximum atomic E-state index is 13.3. The van der Waals surface area contributed by atoms with Gasteiger partial charge in [0.25, 0.3) is 15.9 Å². The fourth-order valence-electron chi connectivity index (χ4n) is 3.56. The van der Waals surface area contributed by atoms with E-state index in [9.17, 15) is 13.2 Å². The van der Waals surface area contributed by atoms with E-state index in [0.29, 0.717) is 17.3 Å². The third-order valence-electron chi connectivity index (χ3n) is 5.44. The lowest BCUT2D eigenvalue weighted by Gasteiger charge is -2.30. The van der Waals surface area contributed by atoms with Gasteiger partial charge in [0, 0.05) is 17.8 Å². The highest BCUT2D eigenvalue weighted by atomic mass is 32.2. The molecule has 0 saturated heterocycles. The fourth-order valence-corrected chi connectivity index (χ4v) is 5.52. The van der Waals surface area contributed by atoms with Crippen LogP contribution in [0.1, 0.15) is 43.1 Å². The van der Waals surface area contributed by atoms with Crippen LogP contribution in [0.2, 0.25) is 0 Å². The minimum absolute atomic E-state index is 0.162. The number of nitrogens with zero attached hydrogens (tertiary/aromatic N) is 2. The van der Waals surface area contributed by atoms with E-state index in [1.54, 1.807) is 0 Å². The predicted octanol–water partition coefficient (Wildman–Crippen LogP) is 5.15. The Kier molecular flexibility index (Phi) is 8.15. The Morgan fingerprint density at radius 3 is 2.48 bits per heavy atom. The molecule has 1 N–H and O–H groups in total. The molecule has 1 amide bonds. The monoisotopic (exact) mass is 483 g/mol. The topological polar surface area (TPSA) is 78.8 Å². The van der Waals surface area contributed by atoms with E-state index < -0.39 is 10.0 Å². The molecule has 0 aliphatic carbocycles. The van der Waals surface area contributed by atoms with Gasteiger partial charge in [0.05, 0.1) is 10.6 Å². The molecule has 174 valence electrons. The Balaban J connectivity index is 1.80. The summed E-state index contributed by atoms with van der Waals surface area (Å²) in [7, 11) is -3.72. The highest BCUT2D eigenvalue weighted by Gasteiger charge is 2.29. The maximum absolute atomic E-state index is 13.3. The molecule has 0 aromatic heterocycles. The molecule has 0 fully saturated rings. The average Bonchev–Trinajstić information content (AvgIpc) is 2.83. The van der Waals surface area contributed by atoms with Crippen LogP contribution >= 0.6 is 11.8 Å². The standard InChI is InChI=1S/C25H29N3O3S2/c1-5-9-18(2)19(3)26-25(32-4)27-24(29)21-13-15-22(16-14-21)33(30,31)28-17-8-11-20-10-6-7-12-23(20)28/h5-7,9-10,12-16H,8,11,17H2,1-4H3,(H,26,27,29)/b9-5-,19-18+. The molecule has 8 heteroatoms. The van der Waals surface area contributed by atoms with Crippen LogP contribution in [0.15, 0.2) is 81.8 Å². The second-order valence-electron chi connectivity index (χ2n) is 7.68. The van der Waals surface area contributed by atoms with E-state index in [0.717, 1.165) is 35.4 Å². The van der Waals surface area contributed by atoms with Crippen LogP contribution in [-0.4, -0.2) is 32.3 Å². The van der Waals surface area contributed by atoms with Crippen molar-refractivity contribution >= 4 is 38.5 Å². The molecule has 0 saturated carbocycles. The first-order chi connectivity index (χ1) is 15.8. The summed E-state index contributed by atoms with van der Waals surface area (Å²) in [4.78, 5) is 17.4. The summed E-state index contributed by atoms with van der Waals surface area (Å²) in [6.07, 6.45) is 7.37. The van der Waals surface area contributed by atoms with Crippen LogP contribution in [0.25, 0.3) is 0 Å². The van der Waals surface area contributed by atoms with Gasteiger partial charge in [-0.1, -0.05) is 42.1 Å². The normalized spacial score (nSPS) is 15.3. The minimum Gasteiger partial charge on any atom is -0.301 e. The number of hydrogen-bond acceptors (Lipinski definition) is 5. The number of aryl methyl sites for hydroxylation is 1. The molecule has 1 aliphatic heterocycles. The number of para-hydroxylation sites is 1. The van der Waals surface area contributed by atoms with Crippen LogP contribution in [-0.2, 0) is 16.4 Å². The largest absolute Gasteiger partial charge is 0.301 e. The predicted molar refractivity (Wildman–Crippen MR) is 137 cm³/mol. The maximum Gasteiger partial charge on any atom is 0.264 e. The first-order valence-electron chi connectivity index (χ1n) is 10.7. The zero-order valence-electron chi connectivity index (χ0n) is 19.3. The number of allylic oxidation sites excluding steroid dienone is 4. The molecule has 1 aliphatic rings. The lowest BCUT2D eigenvalue weighted by molar-refractivity contribution is 0.0978. The third-order valence-corrected chi connectivity index (χ3v) is 7.85. The molecule has 6 nitrogen and oxygen atoms in total. The number of amides is 1. The van der Waals surface area contributed by atoms with Crippen molar-refractivity contribution in [3.8, 4) is 0 Å². The summed E-state index contributed by atoms with van der Waals surface area (Å²) in [6.45, 7) is 6.22. The first-order valence-corrected chi connectivity index (χ1v) is 13.4. The number of aliphatic imine (C=N–C) groups is 1. The van der Waals surface area contributed by atoms with Crippen LogP contribution in [0.3, 0.4) is 0 Å². The summed E-state index contributed by atoms with van der Waals surface area (Å²) in [5.74, 6) is -0.341. The van der Waals surface area contributed by atoms with Crippen molar-refractivity contribution in [1.82, 2.24) is 5.32 Å². The van der Waals surface area contributed by atoms with Crippen LogP contribution in [0.4, 0.5) is 5.69 Å². The average molecular weight is 484 g/mol. The lowest BCUT2D eigenvalue weighted by atomic mass is 10.0. The number of sulfonamides is 1. The number of fused-ring (bicyclic) bond motifs is 1. The SMILES string of the molecule is C/C=C\C(C)=C(/C)N=C(NC(=O)c1ccc(S(=O)(=O)N2CCCc3ccccc32)cc1)SC. The molecular formula is C25H29N3O3S2. The van der Waals surface area contributed by atoms with Gasteiger partial charge in [-0.05, 0) is 81.3 Å². The van der Waals surface area contributed by atoms with E-state index in [1.165, 1.54) is 40.3 Å². The van der Waals surface area contributed by atoms with Crippen LogP contribution in [0, 0.1) is 0 Å². The number of anilines is 1. The number of rotatable bonds is 5. The molecule has 2 aromatic carbocycles. The van der Waals surface area contributed by atoms with Gasteiger partial charge in [-0.25, -0.2) is 13.4 Å². The van der Waals surface area contributed by atoms with E-state index in [2.05, 4.69) is 10.3 Å². The van der Waals surface area contributed by atoms with Crippen molar-refractivity contribution in [3.63, 3.8) is 0 Å². The third kappa shape index (κ3) is 5.75. The summed E-state index contributed by atoms with van der Waals surface area (Å²) >= 11 is 1.33. The van der Waals surface area contributed by atoms with E-state index >= 15 is 0 Å². The number of carbonyl (C=O) groups excluding carboxylic acids is 1. The summed E-state index contributed by atoms with van der Waals surface area (Å²) in [5, 5.41) is 3.28. The highest BCUT2D eigenvalue weighted by molar-refractivity contribution is 8.13. The molecule has 1 heterocycles. The van der Waals surface area contributed by atoms with E-state index in [4.69, 9.17) is 0 Å². The van der Waals surface area contributed by atoms with E-state index in [1.807, 2.05) is 63.4 Å². The number of thioether (sulfide) groups is 1. The van der Waals surface area contributed by atoms with Crippen LogP contribution < -0.4 is 9.62 Å². The van der Waals surface area contributed by atoms with Gasteiger partial charge >= 0.3 is 0 Å². The summed E-state index contributed by atoms with van der Waals surface area (Å²) < 4.78 is 28.0. The van der Waals surface area contributed by atoms with Gasteiger partial charge in [0.1, 0.15) is 0 Å². The molecule has 2 aromatic rings. The molecule has 0 radical (unpaired) electrons. The molecule has 33 heavy (non-hydrogen) atoms. The quantitative estimate of drug-likeness (QED) is 0.363. The number of benzene rings is 2. The first kappa shape index (κ1) is 24.8. The Hall–Kier alpha value is -2.84. The van der Waals surface area contributed by atoms with Crippen LogP contribution in [0.5, 0.6) is 0 Å². The number of carbonyl (C=O) groups is 1. The molecule has 0 bridgehead atoms. The number of amidine groups is 1. The molecule has 0 spiro atoms. The Bertz CT molecular complexity index is 1210. The van der Waals surface area contributed by atoms with Gasteiger partial charge in [-0.2, -0.15) is 0 Å². The van der Waals surface area contributed by atoms with Gasteiger partial charge in [0.2, 0.25) is 0 Å². The second-order valence-corrected chi connectivity index (χ2v) is 10.3.